The third kappa shape index (κ3) is 1.91. The van der Waals surface area contributed by atoms with Gasteiger partial charge in [-0.1, -0.05) is 19.1 Å². The number of halogens is 1. The smallest absolute Gasteiger partial charge is 0.132 e. The zero-order valence-corrected chi connectivity index (χ0v) is 9.15. The molecule has 2 aromatic rings. The van der Waals surface area contributed by atoms with Gasteiger partial charge in [-0.05, 0) is 18.6 Å². The molecule has 1 heterocycles. The van der Waals surface area contributed by atoms with E-state index in [2.05, 4.69) is 5.10 Å². The predicted molar refractivity (Wildman–Crippen MR) is 62.3 cm³/mol. The van der Waals surface area contributed by atoms with E-state index in [1.807, 2.05) is 6.92 Å². The molecule has 0 atom stereocenters. The summed E-state index contributed by atoms with van der Waals surface area (Å²) in [6.07, 6.45) is 0.947. The molecular weight excluding hydrogens is 205 g/mol. The zero-order chi connectivity index (χ0) is 11.5. The van der Waals surface area contributed by atoms with E-state index in [4.69, 9.17) is 5.73 Å². The van der Waals surface area contributed by atoms with Crippen molar-refractivity contribution in [3.63, 3.8) is 0 Å². The van der Waals surface area contributed by atoms with Gasteiger partial charge >= 0.3 is 0 Å². The van der Waals surface area contributed by atoms with Crippen molar-refractivity contribution in [2.24, 2.45) is 0 Å². The maximum absolute atomic E-state index is 13.5. The van der Waals surface area contributed by atoms with Gasteiger partial charge in [0.25, 0.3) is 0 Å². The van der Waals surface area contributed by atoms with Gasteiger partial charge in [0.15, 0.2) is 0 Å². The fourth-order valence-corrected chi connectivity index (χ4v) is 1.62. The van der Waals surface area contributed by atoms with E-state index in [1.54, 1.807) is 28.9 Å². The Bertz CT molecular complexity index is 491. The molecule has 0 fully saturated rings. The number of aromatic nitrogens is 2. The maximum atomic E-state index is 13.5. The van der Waals surface area contributed by atoms with Gasteiger partial charge in [-0.25, -0.2) is 9.07 Å². The lowest BCUT2D eigenvalue weighted by Gasteiger charge is -2.00. The molecule has 0 saturated carbocycles. The Balaban J connectivity index is 2.42. The van der Waals surface area contributed by atoms with E-state index >= 15 is 0 Å². The summed E-state index contributed by atoms with van der Waals surface area (Å²) in [4.78, 5) is 0. The lowest BCUT2D eigenvalue weighted by atomic mass is 10.1. The van der Waals surface area contributed by atoms with Crippen LogP contribution >= 0.6 is 0 Å². The van der Waals surface area contributed by atoms with Crippen LogP contribution < -0.4 is 5.73 Å². The van der Waals surface area contributed by atoms with Crippen molar-refractivity contribution in [1.82, 2.24) is 9.78 Å². The molecule has 84 valence electrons. The van der Waals surface area contributed by atoms with Crippen LogP contribution in [0, 0.1) is 5.82 Å². The van der Waals surface area contributed by atoms with Crippen LogP contribution in [0.15, 0.2) is 30.3 Å². The Kier molecular flexibility index (Phi) is 2.90. The van der Waals surface area contributed by atoms with Gasteiger partial charge in [-0.3, -0.25) is 0 Å². The third-order valence-electron chi connectivity index (χ3n) is 2.40. The fraction of sp³-hybridized carbons (Fsp3) is 0.250. The molecule has 0 aliphatic heterocycles. The number of rotatable bonds is 3. The van der Waals surface area contributed by atoms with Gasteiger partial charge in [-0.2, -0.15) is 5.10 Å². The van der Waals surface area contributed by atoms with E-state index in [9.17, 15) is 4.39 Å². The lowest BCUT2D eigenvalue weighted by molar-refractivity contribution is 0.608. The van der Waals surface area contributed by atoms with Crippen molar-refractivity contribution in [1.29, 1.82) is 0 Å². The van der Waals surface area contributed by atoms with Gasteiger partial charge in [0.05, 0.1) is 5.69 Å². The Morgan fingerprint density at radius 1 is 1.38 bits per heavy atom. The van der Waals surface area contributed by atoms with Crippen LogP contribution in [0.4, 0.5) is 10.2 Å². The quantitative estimate of drug-likeness (QED) is 0.862. The van der Waals surface area contributed by atoms with E-state index in [-0.39, 0.29) is 5.82 Å². The standard InChI is InChI=1S/C12H14FN3/c1-2-7-16-12(14)8-11(15-16)9-5-3-4-6-10(9)13/h3-6,8H,2,7,14H2,1H3. The minimum absolute atomic E-state index is 0.274. The largest absolute Gasteiger partial charge is 0.384 e. The van der Waals surface area contributed by atoms with Crippen LogP contribution in [0.3, 0.4) is 0 Å². The molecule has 1 aromatic carbocycles. The van der Waals surface area contributed by atoms with Crippen LogP contribution in [-0.2, 0) is 6.54 Å². The van der Waals surface area contributed by atoms with E-state index in [0.29, 0.717) is 17.1 Å². The summed E-state index contributed by atoms with van der Waals surface area (Å²) in [5.41, 5.74) is 6.87. The van der Waals surface area contributed by atoms with Gasteiger partial charge in [0, 0.05) is 18.2 Å². The molecule has 0 bridgehead atoms. The van der Waals surface area contributed by atoms with Crippen LogP contribution in [0.5, 0.6) is 0 Å². The summed E-state index contributed by atoms with van der Waals surface area (Å²) >= 11 is 0. The number of anilines is 1. The number of nitrogen functional groups attached to an aromatic ring is 1. The van der Waals surface area contributed by atoms with E-state index in [1.165, 1.54) is 6.07 Å². The Morgan fingerprint density at radius 2 is 2.12 bits per heavy atom. The first kappa shape index (κ1) is 10.7. The molecule has 0 saturated heterocycles. The van der Waals surface area contributed by atoms with Gasteiger partial charge in [-0.15, -0.1) is 0 Å². The fourth-order valence-electron chi connectivity index (χ4n) is 1.62. The number of aryl methyl sites for hydroxylation is 1. The first-order valence-corrected chi connectivity index (χ1v) is 5.30. The SMILES string of the molecule is CCCn1nc(-c2ccccc2F)cc1N. The molecule has 1 aromatic heterocycles. The van der Waals surface area contributed by atoms with Crippen molar-refractivity contribution in [2.45, 2.75) is 19.9 Å². The first-order chi connectivity index (χ1) is 7.72. The van der Waals surface area contributed by atoms with Crippen LogP contribution in [0.2, 0.25) is 0 Å². The molecule has 0 spiro atoms. The summed E-state index contributed by atoms with van der Waals surface area (Å²) in [5, 5.41) is 4.28. The van der Waals surface area contributed by atoms with Gasteiger partial charge < -0.3 is 5.73 Å². The molecule has 0 unspecified atom stereocenters. The second kappa shape index (κ2) is 4.35. The average molecular weight is 219 g/mol. The van der Waals surface area contributed by atoms with Crippen molar-refractivity contribution >= 4 is 5.82 Å². The average Bonchev–Trinajstić information content (AvgIpc) is 2.61. The highest BCUT2D eigenvalue weighted by Crippen LogP contribution is 2.23. The Morgan fingerprint density at radius 3 is 2.81 bits per heavy atom. The first-order valence-electron chi connectivity index (χ1n) is 5.30. The second-order valence-electron chi connectivity index (χ2n) is 3.66. The minimum atomic E-state index is -0.274. The normalized spacial score (nSPS) is 10.6. The summed E-state index contributed by atoms with van der Waals surface area (Å²) in [7, 11) is 0. The number of nitrogens with two attached hydrogens (primary N) is 1. The predicted octanol–water partition coefficient (Wildman–Crippen LogP) is 2.68. The highest BCUT2D eigenvalue weighted by atomic mass is 19.1. The monoisotopic (exact) mass is 219 g/mol. The van der Waals surface area contributed by atoms with Gasteiger partial charge in [0.1, 0.15) is 11.6 Å². The summed E-state index contributed by atoms with van der Waals surface area (Å²) in [5.74, 6) is 0.295. The molecule has 4 heteroatoms. The topological polar surface area (TPSA) is 43.8 Å². The lowest BCUT2D eigenvalue weighted by Crippen LogP contribution is -2.03. The second-order valence-corrected chi connectivity index (χ2v) is 3.66. The minimum Gasteiger partial charge on any atom is -0.384 e. The van der Waals surface area contributed by atoms with Crippen molar-refractivity contribution in [3.05, 3.63) is 36.1 Å². The van der Waals surface area contributed by atoms with Crippen LogP contribution in [-0.4, -0.2) is 9.78 Å². The molecule has 0 aliphatic carbocycles. The third-order valence-corrected chi connectivity index (χ3v) is 2.40. The van der Waals surface area contributed by atoms with E-state index < -0.39 is 0 Å². The van der Waals surface area contributed by atoms with Crippen LogP contribution in [0.25, 0.3) is 11.3 Å². The molecule has 0 aliphatic rings. The molecular formula is C12H14FN3. The Hall–Kier alpha value is -1.84. The van der Waals surface area contributed by atoms with Crippen molar-refractivity contribution in [2.75, 3.05) is 5.73 Å². The van der Waals surface area contributed by atoms with Gasteiger partial charge in [0.2, 0.25) is 0 Å². The molecule has 3 nitrogen and oxygen atoms in total. The molecule has 16 heavy (non-hydrogen) atoms. The summed E-state index contributed by atoms with van der Waals surface area (Å²) < 4.78 is 15.2. The van der Waals surface area contributed by atoms with Crippen molar-refractivity contribution < 1.29 is 4.39 Å². The number of benzene rings is 1. The number of hydrogen-bond acceptors (Lipinski definition) is 2. The number of nitrogens with zero attached hydrogens (tertiary/aromatic N) is 2. The van der Waals surface area contributed by atoms with Crippen molar-refractivity contribution in [3.8, 4) is 11.3 Å². The summed E-state index contributed by atoms with van der Waals surface area (Å²) in [6.45, 7) is 2.80. The Labute approximate surface area is 93.7 Å². The molecule has 2 N–H and O–H groups in total. The zero-order valence-electron chi connectivity index (χ0n) is 9.15. The molecule has 0 amide bonds. The van der Waals surface area contributed by atoms with E-state index in [0.717, 1.165) is 13.0 Å². The number of hydrogen-bond donors (Lipinski definition) is 1. The van der Waals surface area contributed by atoms with Crippen LogP contribution in [0.1, 0.15) is 13.3 Å². The molecule has 2 rings (SSSR count). The molecule has 0 radical (unpaired) electrons. The maximum Gasteiger partial charge on any atom is 0.132 e. The highest BCUT2D eigenvalue weighted by molar-refractivity contribution is 5.62. The highest BCUT2D eigenvalue weighted by Gasteiger charge is 2.09. The summed E-state index contributed by atoms with van der Waals surface area (Å²) in [6, 6.07) is 8.27.